The first-order chi connectivity index (χ1) is 14.3. The van der Waals surface area contributed by atoms with Crippen LogP contribution in [0.3, 0.4) is 0 Å². The molecule has 1 aliphatic rings. The second-order valence-electron chi connectivity index (χ2n) is 6.74. The lowest BCUT2D eigenvalue weighted by Crippen LogP contribution is -2.30. The van der Waals surface area contributed by atoms with Gasteiger partial charge in [-0.15, -0.1) is 0 Å². The van der Waals surface area contributed by atoms with Crippen molar-refractivity contribution in [2.24, 2.45) is 0 Å². The van der Waals surface area contributed by atoms with Gasteiger partial charge in [0.05, 0.1) is 17.5 Å². The predicted molar refractivity (Wildman–Crippen MR) is 109 cm³/mol. The largest absolute Gasteiger partial charge is 0.507 e. The Balaban J connectivity index is 1.96. The van der Waals surface area contributed by atoms with E-state index in [2.05, 4.69) is 15.9 Å². The van der Waals surface area contributed by atoms with Crippen LogP contribution in [0, 0.1) is 18.6 Å². The molecule has 1 aromatic heterocycles. The summed E-state index contributed by atoms with van der Waals surface area (Å²) in [6.07, 6.45) is 1.32. The molecule has 4 rings (SSSR count). The van der Waals surface area contributed by atoms with Crippen LogP contribution in [0.25, 0.3) is 5.76 Å². The molecule has 5 nitrogen and oxygen atoms in total. The van der Waals surface area contributed by atoms with Crippen LogP contribution in [0.15, 0.2) is 69.3 Å². The molecule has 1 atom stereocenters. The molecule has 0 aliphatic carbocycles. The minimum atomic E-state index is -1.26. The molecule has 2 aromatic carbocycles. The van der Waals surface area contributed by atoms with Gasteiger partial charge in [-0.3, -0.25) is 14.5 Å². The van der Waals surface area contributed by atoms with Gasteiger partial charge in [-0.05, 0) is 48.9 Å². The normalized spacial score (nSPS) is 18.3. The first kappa shape index (κ1) is 20.0. The van der Waals surface area contributed by atoms with Gasteiger partial charge in [0.15, 0.2) is 0 Å². The third kappa shape index (κ3) is 3.23. The quantitative estimate of drug-likeness (QED) is 0.320. The molecular formula is C22H14BrF2NO4. The molecule has 152 valence electrons. The maximum absolute atomic E-state index is 14.5. The summed E-state index contributed by atoms with van der Waals surface area (Å²) in [6, 6.07) is 9.23. The summed E-state index contributed by atoms with van der Waals surface area (Å²) in [7, 11) is 0. The zero-order valence-electron chi connectivity index (χ0n) is 15.5. The number of rotatable bonds is 3. The van der Waals surface area contributed by atoms with Crippen LogP contribution in [-0.2, 0) is 9.59 Å². The van der Waals surface area contributed by atoms with Crippen molar-refractivity contribution < 1.29 is 27.9 Å². The van der Waals surface area contributed by atoms with Gasteiger partial charge in [-0.2, -0.15) is 0 Å². The van der Waals surface area contributed by atoms with Crippen LogP contribution in [0.2, 0.25) is 0 Å². The second-order valence-corrected chi connectivity index (χ2v) is 7.60. The number of hydrogen-bond acceptors (Lipinski definition) is 4. The number of aryl methyl sites for hydroxylation is 1. The molecule has 0 bridgehead atoms. The molecule has 30 heavy (non-hydrogen) atoms. The number of furan rings is 1. The summed E-state index contributed by atoms with van der Waals surface area (Å²) in [5.41, 5.74) is 0.383. The molecule has 0 radical (unpaired) electrons. The van der Waals surface area contributed by atoms with E-state index in [-0.39, 0.29) is 11.3 Å². The smallest absolute Gasteiger partial charge is 0.300 e. The zero-order valence-corrected chi connectivity index (χ0v) is 17.1. The van der Waals surface area contributed by atoms with Gasteiger partial charge in [0, 0.05) is 16.1 Å². The Morgan fingerprint density at radius 2 is 1.90 bits per heavy atom. The minimum Gasteiger partial charge on any atom is -0.507 e. The van der Waals surface area contributed by atoms with Crippen molar-refractivity contribution in [3.05, 3.63) is 93.4 Å². The molecule has 1 saturated heterocycles. The van der Waals surface area contributed by atoms with Crippen LogP contribution in [0.1, 0.15) is 22.9 Å². The maximum Gasteiger partial charge on any atom is 0.300 e. The van der Waals surface area contributed by atoms with Gasteiger partial charge in [0.25, 0.3) is 11.7 Å². The fraction of sp³-hybridized carbons (Fsp3) is 0.0909. The van der Waals surface area contributed by atoms with Gasteiger partial charge in [0.2, 0.25) is 0 Å². The van der Waals surface area contributed by atoms with Crippen LogP contribution < -0.4 is 4.90 Å². The molecule has 8 heteroatoms. The first-order valence-electron chi connectivity index (χ1n) is 8.85. The average Bonchev–Trinajstić information content (AvgIpc) is 3.33. The van der Waals surface area contributed by atoms with E-state index in [9.17, 15) is 23.5 Å². The van der Waals surface area contributed by atoms with Crippen molar-refractivity contribution in [1.82, 2.24) is 0 Å². The number of aliphatic hydroxyl groups is 1. The Bertz CT molecular complexity index is 1200. The van der Waals surface area contributed by atoms with Gasteiger partial charge in [-0.25, -0.2) is 8.78 Å². The number of benzene rings is 2. The van der Waals surface area contributed by atoms with E-state index in [1.807, 2.05) is 0 Å². The Morgan fingerprint density at radius 1 is 1.13 bits per heavy atom. The molecular weight excluding hydrogens is 460 g/mol. The van der Waals surface area contributed by atoms with Crippen molar-refractivity contribution in [1.29, 1.82) is 0 Å². The molecule has 1 aliphatic heterocycles. The third-order valence-corrected chi connectivity index (χ3v) is 5.75. The van der Waals surface area contributed by atoms with Gasteiger partial charge >= 0.3 is 0 Å². The number of amides is 1. The maximum atomic E-state index is 14.5. The third-order valence-electron chi connectivity index (χ3n) is 4.86. The number of anilines is 1. The van der Waals surface area contributed by atoms with E-state index < -0.39 is 40.8 Å². The number of ketones is 1. The minimum absolute atomic E-state index is 0.119. The zero-order chi connectivity index (χ0) is 21.6. The average molecular weight is 474 g/mol. The Kier molecular flexibility index (Phi) is 5.03. The Morgan fingerprint density at radius 3 is 2.57 bits per heavy atom. The number of carbonyl (C=O) groups is 2. The number of aliphatic hydroxyl groups excluding tert-OH is 1. The molecule has 3 aromatic rings. The lowest BCUT2D eigenvalue weighted by atomic mass is 9.98. The van der Waals surface area contributed by atoms with E-state index in [1.165, 1.54) is 18.4 Å². The molecule has 1 N–H and O–H groups in total. The van der Waals surface area contributed by atoms with E-state index in [0.717, 1.165) is 33.1 Å². The standard InChI is InChI=1S/C22H14BrF2NO4/c1-11-9-12(4-6-14(11)23)20(27)18-19(17-3-2-8-30-17)26(22(29)21(18)28)16-10-13(24)5-7-15(16)25/h2-10,19,27H,1H3/b20-18-. The Labute approximate surface area is 178 Å². The van der Waals surface area contributed by atoms with Crippen LogP contribution in [-0.4, -0.2) is 16.8 Å². The van der Waals surface area contributed by atoms with Crippen molar-refractivity contribution >= 4 is 39.1 Å². The summed E-state index contributed by atoms with van der Waals surface area (Å²) in [5, 5.41) is 10.9. The fourth-order valence-corrected chi connectivity index (χ4v) is 3.66. The summed E-state index contributed by atoms with van der Waals surface area (Å²) >= 11 is 3.36. The molecule has 2 heterocycles. The van der Waals surface area contributed by atoms with Gasteiger partial charge < -0.3 is 9.52 Å². The lowest BCUT2D eigenvalue weighted by Gasteiger charge is -2.23. The number of halogens is 3. The molecule has 1 fully saturated rings. The van der Waals surface area contributed by atoms with Crippen molar-refractivity contribution in [3.63, 3.8) is 0 Å². The highest BCUT2D eigenvalue weighted by Crippen LogP contribution is 2.43. The van der Waals surface area contributed by atoms with E-state index >= 15 is 0 Å². The van der Waals surface area contributed by atoms with Crippen LogP contribution in [0.5, 0.6) is 0 Å². The topological polar surface area (TPSA) is 70.8 Å². The fourth-order valence-electron chi connectivity index (χ4n) is 3.41. The van der Waals surface area contributed by atoms with Crippen molar-refractivity contribution in [3.8, 4) is 0 Å². The summed E-state index contributed by atoms with van der Waals surface area (Å²) in [4.78, 5) is 26.5. The van der Waals surface area contributed by atoms with E-state index in [1.54, 1.807) is 25.1 Å². The molecule has 0 saturated carbocycles. The number of Topliss-reactive ketones (excluding diaryl/α,β-unsaturated/α-hetero) is 1. The summed E-state index contributed by atoms with van der Waals surface area (Å²) < 4.78 is 34.5. The van der Waals surface area contributed by atoms with E-state index in [0.29, 0.717) is 5.56 Å². The number of carbonyl (C=O) groups excluding carboxylic acids is 2. The summed E-state index contributed by atoms with van der Waals surface area (Å²) in [5.74, 6) is -4.13. The highest BCUT2D eigenvalue weighted by Gasteiger charge is 2.49. The summed E-state index contributed by atoms with van der Waals surface area (Å²) in [6.45, 7) is 1.80. The van der Waals surface area contributed by atoms with Gasteiger partial charge in [-0.1, -0.05) is 22.0 Å². The highest BCUT2D eigenvalue weighted by atomic mass is 79.9. The first-order valence-corrected chi connectivity index (χ1v) is 9.65. The molecule has 1 amide bonds. The van der Waals surface area contributed by atoms with Crippen molar-refractivity contribution in [2.75, 3.05) is 4.90 Å². The Hall–Kier alpha value is -3.26. The van der Waals surface area contributed by atoms with Gasteiger partial charge in [0.1, 0.15) is 29.2 Å². The second kappa shape index (κ2) is 7.53. The van der Waals surface area contributed by atoms with Crippen LogP contribution >= 0.6 is 15.9 Å². The monoisotopic (exact) mass is 473 g/mol. The SMILES string of the molecule is Cc1cc(/C(O)=C2/C(=O)C(=O)N(c3cc(F)ccc3F)C2c2ccco2)ccc1Br. The van der Waals surface area contributed by atoms with Crippen LogP contribution in [0.4, 0.5) is 14.5 Å². The number of hydrogen-bond donors (Lipinski definition) is 1. The molecule has 0 spiro atoms. The number of nitrogens with zero attached hydrogens (tertiary/aromatic N) is 1. The predicted octanol–water partition coefficient (Wildman–Crippen LogP) is 5.26. The highest BCUT2D eigenvalue weighted by molar-refractivity contribution is 9.10. The van der Waals surface area contributed by atoms with Crippen molar-refractivity contribution in [2.45, 2.75) is 13.0 Å². The van der Waals surface area contributed by atoms with E-state index in [4.69, 9.17) is 4.42 Å². The lowest BCUT2D eigenvalue weighted by molar-refractivity contribution is -0.132. The molecule has 1 unspecified atom stereocenters.